The van der Waals surface area contributed by atoms with Crippen LogP contribution in [0.5, 0.6) is 0 Å². The van der Waals surface area contributed by atoms with Crippen molar-refractivity contribution in [2.75, 3.05) is 13.7 Å². The van der Waals surface area contributed by atoms with Gasteiger partial charge in [-0.2, -0.15) is 0 Å². The molecule has 1 aromatic carbocycles. The van der Waals surface area contributed by atoms with E-state index in [1.807, 2.05) is 30.3 Å². The number of benzene rings is 1. The van der Waals surface area contributed by atoms with Crippen LogP contribution < -0.4 is 10.6 Å². The first kappa shape index (κ1) is 20.5. The van der Waals surface area contributed by atoms with Gasteiger partial charge in [0.1, 0.15) is 18.2 Å². The number of methoxy groups -OCH3 is 1. The van der Waals surface area contributed by atoms with Crippen LogP contribution in [0.3, 0.4) is 0 Å². The minimum atomic E-state index is -0.820. The number of carbonyl (C=O) groups is 3. The average molecular weight is 350 g/mol. The van der Waals surface area contributed by atoms with Gasteiger partial charge in [0.2, 0.25) is 5.91 Å². The Hall–Kier alpha value is -2.57. The molecule has 0 saturated carbocycles. The molecule has 0 fully saturated rings. The molecular formula is C18H26N2O5. The van der Waals surface area contributed by atoms with Crippen molar-refractivity contribution < 1.29 is 23.9 Å². The fraction of sp³-hybridized carbons (Fsp3) is 0.500. The molecule has 0 heterocycles. The molecule has 2 N–H and O–H groups in total. The summed E-state index contributed by atoms with van der Waals surface area (Å²) in [5.41, 5.74) is 0.371. The zero-order chi connectivity index (χ0) is 18.9. The van der Waals surface area contributed by atoms with Crippen LogP contribution in [0.2, 0.25) is 0 Å². The number of esters is 1. The van der Waals surface area contributed by atoms with E-state index >= 15 is 0 Å². The number of rotatable bonds is 7. The van der Waals surface area contributed by atoms with Gasteiger partial charge in [-0.25, -0.2) is 4.79 Å². The second-order valence-corrected chi connectivity index (χ2v) is 6.52. The highest BCUT2D eigenvalue weighted by atomic mass is 16.6. The lowest BCUT2D eigenvalue weighted by atomic mass is 10.0. The number of amides is 2. The Labute approximate surface area is 148 Å². The van der Waals surface area contributed by atoms with Crippen LogP contribution in [-0.4, -0.2) is 43.3 Å². The number of nitrogens with one attached hydrogen (secondary N) is 2. The van der Waals surface area contributed by atoms with E-state index in [1.54, 1.807) is 20.8 Å². The van der Waals surface area contributed by atoms with Crippen LogP contribution in [-0.2, 0) is 25.5 Å². The molecule has 7 nitrogen and oxygen atoms in total. The van der Waals surface area contributed by atoms with Crippen LogP contribution in [0.25, 0.3) is 0 Å². The quantitative estimate of drug-likeness (QED) is 0.732. The predicted octanol–water partition coefficient (Wildman–Crippen LogP) is 1.80. The van der Waals surface area contributed by atoms with E-state index in [4.69, 9.17) is 4.74 Å². The van der Waals surface area contributed by atoms with Crippen molar-refractivity contribution in [2.45, 2.75) is 45.3 Å². The highest BCUT2D eigenvalue weighted by Crippen LogP contribution is 2.09. The van der Waals surface area contributed by atoms with Crippen molar-refractivity contribution in [1.82, 2.24) is 10.6 Å². The van der Waals surface area contributed by atoms with E-state index in [2.05, 4.69) is 15.4 Å². The van der Waals surface area contributed by atoms with Crippen LogP contribution >= 0.6 is 0 Å². The van der Waals surface area contributed by atoms with E-state index in [1.165, 1.54) is 7.11 Å². The van der Waals surface area contributed by atoms with Gasteiger partial charge >= 0.3 is 12.1 Å². The van der Waals surface area contributed by atoms with E-state index < -0.39 is 29.6 Å². The molecule has 0 bridgehead atoms. The van der Waals surface area contributed by atoms with E-state index in [9.17, 15) is 14.4 Å². The van der Waals surface area contributed by atoms with Gasteiger partial charge in [-0.3, -0.25) is 9.59 Å². The van der Waals surface area contributed by atoms with Crippen molar-refractivity contribution in [3.05, 3.63) is 35.9 Å². The van der Waals surface area contributed by atoms with Crippen LogP contribution in [0.4, 0.5) is 4.79 Å². The largest absolute Gasteiger partial charge is 0.468 e. The minimum absolute atomic E-state index is 0.257. The van der Waals surface area contributed by atoms with E-state index in [0.717, 1.165) is 5.56 Å². The first-order chi connectivity index (χ1) is 11.7. The van der Waals surface area contributed by atoms with Gasteiger partial charge in [0.25, 0.3) is 0 Å². The number of alkyl carbamates (subject to hydrolysis) is 1. The van der Waals surface area contributed by atoms with Crippen molar-refractivity contribution in [2.24, 2.45) is 0 Å². The number of ether oxygens (including phenoxy) is 2. The van der Waals surface area contributed by atoms with Crippen LogP contribution in [0, 0.1) is 0 Å². The van der Waals surface area contributed by atoms with Gasteiger partial charge in [-0.05, 0) is 39.2 Å². The second kappa shape index (κ2) is 9.66. The van der Waals surface area contributed by atoms with E-state index in [0.29, 0.717) is 12.8 Å². The first-order valence-corrected chi connectivity index (χ1v) is 8.09. The topological polar surface area (TPSA) is 93.7 Å². The lowest BCUT2D eigenvalue weighted by molar-refractivity contribution is -0.141. The Balaban J connectivity index is 2.69. The zero-order valence-corrected chi connectivity index (χ0v) is 15.1. The second-order valence-electron chi connectivity index (χ2n) is 6.52. The summed E-state index contributed by atoms with van der Waals surface area (Å²) in [4.78, 5) is 35.5. The van der Waals surface area contributed by atoms with Gasteiger partial charge in [-0.15, -0.1) is 0 Å². The van der Waals surface area contributed by atoms with Crippen molar-refractivity contribution in [1.29, 1.82) is 0 Å². The molecule has 0 aromatic heterocycles. The Morgan fingerprint density at radius 1 is 1.12 bits per heavy atom. The molecule has 0 aliphatic carbocycles. The predicted molar refractivity (Wildman–Crippen MR) is 92.9 cm³/mol. The third-order valence-electron chi connectivity index (χ3n) is 3.21. The van der Waals surface area contributed by atoms with Gasteiger partial charge in [-0.1, -0.05) is 30.3 Å². The fourth-order valence-corrected chi connectivity index (χ4v) is 2.03. The molecule has 0 spiro atoms. The molecular weight excluding hydrogens is 324 g/mol. The molecule has 0 radical (unpaired) electrons. The Morgan fingerprint density at radius 2 is 1.76 bits per heavy atom. The normalized spacial score (nSPS) is 12.0. The van der Waals surface area contributed by atoms with Crippen molar-refractivity contribution in [3.63, 3.8) is 0 Å². The standard InChI is InChI=1S/C18H26N2O5/c1-18(2,3)25-17(23)20-14(16(22)19-12-15(21)24-4)11-10-13-8-6-5-7-9-13/h5-9,14H,10-12H2,1-4H3,(H,19,22)(H,20,23)/t14-/m1/s1. The summed E-state index contributed by atoms with van der Waals surface area (Å²) < 4.78 is 9.69. The Morgan fingerprint density at radius 3 is 2.32 bits per heavy atom. The summed E-state index contributed by atoms with van der Waals surface area (Å²) in [6, 6.07) is 8.78. The third-order valence-corrected chi connectivity index (χ3v) is 3.21. The molecule has 2 amide bonds. The monoisotopic (exact) mass is 350 g/mol. The Kier molecular flexibility index (Phi) is 7.91. The van der Waals surface area contributed by atoms with Gasteiger partial charge in [0.15, 0.2) is 0 Å². The summed E-state index contributed by atoms with van der Waals surface area (Å²) in [5, 5.41) is 5.01. The maximum atomic E-state index is 12.3. The highest BCUT2D eigenvalue weighted by molar-refractivity contribution is 5.88. The molecule has 0 aliphatic heterocycles. The minimum Gasteiger partial charge on any atom is -0.468 e. The summed E-state index contributed by atoms with van der Waals surface area (Å²) in [6.07, 6.45) is 0.280. The number of hydrogen-bond acceptors (Lipinski definition) is 5. The molecule has 0 unspecified atom stereocenters. The summed E-state index contributed by atoms with van der Waals surface area (Å²) in [5.74, 6) is -1.03. The zero-order valence-electron chi connectivity index (χ0n) is 15.1. The van der Waals surface area contributed by atoms with Crippen molar-refractivity contribution >= 4 is 18.0 Å². The smallest absolute Gasteiger partial charge is 0.408 e. The number of hydrogen-bond donors (Lipinski definition) is 2. The van der Waals surface area contributed by atoms with Gasteiger partial charge < -0.3 is 20.1 Å². The van der Waals surface area contributed by atoms with Crippen LogP contribution in [0.1, 0.15) is 32.8 Å². The summed E-state index contributed by atoms with van der Waals surface area (Å²) in [7, 11) is 1.24. The average Bonchev–Trinajstić information content (AvgIpc) is 2.55. The molecule has 1 rings (SSSR count). The maximum absolute atomic E-state index is 12.3. The molecule has 0 saturated heterocycles. The van der Waals surface area contributed by atoms with Gasteiger partial charge in [0, 0.05) is 0 Å². The maximum Gasteiger partial charge on any atom is 0.408 e. The Bertz CT molecular complexity index is 581. The third kappa shape index (κ3) is 8.74. The molecule has 0 aliphatic rings. The first-order valence-electron chi connectivity index (χ1n) is 8.09. The summed E-state index contributed by atoms with van der Waals surface area (Å²) >= 11 is 0. The fourth-order valence-electron chi connectivity index (χ4n) is 2.03. The molecule has 138 valence electrons. The van der Waals surface area contributed by atoms with Crippen LogP contribution in [0.15, 0.2) is 30.3 Å². The SMILES string of the molecule is COC(=O)CNC(=O)[C@@H](CCc1ccccc1)NC(=O)OC(C)(C)C. The lowest BCUT2D eigenvalue weighted by Crippen LogP contribution is -2.49. The summed E-state index contributed by atoms with van der Waals surface area (Å²) in [6.45, 7) is 4.96. The lowest BCUT2D eigenvalue weighted by Gasteiger charge is -2.23. The van der Waals surface area contributed by atoms with Crippen molar-refractivity contribution in [3.8, 4) is 0 Å². The van der Waals surface area contributed by atoms with E-state index in [-0.39, 0.29) is 6.54 Å². The molecule has 25 heavy (non-hydrogen) atoms. The molecule has 1 aromatic rings. The molecule has 1 atom stereocenters. The highest BCUT2D eigenvalue weighted by Gasteiger charge is 2.24. The molecule has 7 heteroatoms. The van der Waals surface area contributed by atoms with Gasteiger partial charge in [0.05, 0.1) is 7.11 Å². The number of carbonyl (C=O) groups excluding carboxylic acids is 3. The number of aryl methyl sites for hydroxylation is 1.